The van der Waals surface area contributed by atoms with Crippen molar-refractivity contribution in [1.29, 1.82) is 0 Å². The fraction of sp³-hybridized carbons (Fsp3) is 0.396. The second-order valence-corrected chi connectivity index (χ2v) is 19.9. The van der Waals surface area contributed by atoms with E-state index in [1.807, 2.05) is 45.5 Å². The van der Waals surface area contributed by atoms with E-state index in [1.54, 1.807) is 40.4 Å². The molecular weight excluding hydrogens is 966 g/mol. The van der Waals surface area contributed by atoms with Gasteiger partial charge in [0.2, 0.25) is 35.3 Å². The van der Waals surface area contributed by atoms with E-state index in [0.717, 1.165) is 98.1 Å². The van der Waals surface area contributed by atoms with Crippen molar-refractivity contribution in [2.45, 2.75) is 120 Å². The summed E-state index contributed by atoms with van der Waals surface area (Å²) in [7, 11) is 3.75. The maximum absolute atomic E-state index is 13.1. The van der Waals surface area contributed by atoms with E-state index in [-0.39, 0.29) is 97.1 Å². The van der Waals surface area contributed by atoms with Crippen molar-refractivity contribution in [2.24, 2.45) is 19.8 Å². The molecule has 0 saturated heterocycles. The van der Waals surface area contributed by atoms with Crippen molar-refractivity contribution in [2.75, 3.05) is 10.6 Å². The Kier molecular flexibility index (Phi) is 17.2. The van der Waals surface area contributed by atoms with Crippen molar-refractivity contribution in [1.82, 2.24) is 59.8 Å². The number of aryl methyl sites for hydroxylation is 4. The van der Waals surface area contributed by atoms with Gasteiger partial charge in [-0.2, -0.15) is 21.5 Å². The molecule has 20 nitrogen and oxygen atoms in total. The molecule has 0 amide bonds. The number of anilines is 4. The topological polar surface area (TPSA) is 279 Å². The maximum Gasteiger partial charge on any atom is 1.00 e. The number of carbonyl (C=O) groups is 1. The number of nitrogens with one attached hydrogen (secondary N) is 2. The molecular formula is C53H59KN15O5-. The second-order valence-electron chi connectivity index (χ2n) is 19.9. The Balaban J connectivity index is 0.000000166. The number of carbonyl (C=O) groups excluding carboxylic acids is 2. The van der Waals surface area contributed by atoms with Gasteiger partial charge < -0.3 is 35.7 Å². The quantitative estimate of drug-likeness (QED) is 0.0556. The standard InChI is InChI=1S/C27H29N7O2.C19H22N6.C7H7N2O2.K.H2O/c1-27(10-11-27)25-32-24(33-36-25)23(35)14-18-6-4-3-5-17-13-19(7-8-21(17)18)22-9-12-28-26(31-22)30-20-15-29-34(2)16-20;1-25-12-15(11-22-25)23-19-21-9-8-18(24-19)14-6-7-16-13(10-14)4-2-3-5-17(16)20;1-7(2-3-7)6-8-5(4-10)9-11-6;;/h7-9,12-13,15-16,18H,3-6,10-11,14H2,1-2H3,(H,28,30,31);6-12,17H,2-5,20H2,1H3,(H,21,23,24);2-3H2,1H3;;1H2/q;;-1;+1;/p-1/t18-;17-;;;/m01.../s1. The molecule has 0 unspecified atom stereocenters. The minimum absolute atomic E-state index is 0. The third kappa shape index (κ3) is 13.0. The normalized spacial score (nSPS) is 17.6. The molecule has 2 saturated carbocycles. The summed E-state index contributed by atoms with van der Waals surface area (Å²) >= 11 is 0. The van der Waals surface area contributed by atoms with Crippen LogP contribution in [0.4, 0.5) is 23.3 Å². The molecule has 2 fully saturated rings. The molecule has 12 rings (SSSR count). The smallest absolute Gasteiger partial charge is 0.870 e. The zero-order valence-electron chi connectivity index (χ0n) is 42.5. The Morgan fingerprint density at radius 2 is 1.24 bits per heavy atom. The van der Waals surface area contributed by atoms with Gasteiger partial charge in [-0.15, -0.1) is 0 Å². The Hall–Kier alpha value is -6.20. The molecule has 4 aliphatic carbocycles. The van der Waals surface area contributed by atoms with Gasteiger partial charge >= 0.3 is 51.4 Å². The van der Waals surface area contributed by atoms with Crippen molar-refractivity contribution >= 4 is 35.3 Å². The number of rotatable bonds is 12. The van der Waals surface area contributed by atoms with Crippen LogP contribution in [0.25, 0.3) is 22.5 Å². The predicted octanol–water partition coefficient (Wildman–Crippen LogP) is 5.89. The maximum atomic E-state index is 13.1. The van der Waals surface area contributed by atoms with Crippen LogP contribution < -0.4 is 67.8 Å². The molecule has 21 heteroatoms. The second kappa shape index (κ2) is 23.6. The predicted molar refractivity (Wildman–Crippen MR) is 270 cm³/mol. The number of aromatic nitrogens is 12. The average Bonchev–Trinajstić information content (AvgIpc) is 3.97. The summed E-state index contributed by atoms with van der Waals surface area (Å²) in [6, 6.07) is 17.0. The first kappa shape index (κ1) is 54.1. The van der Waals surface area contributed by atoms with E-state index in [0.29, 0.717) is 30.1 Å². The monoisotopic (exact) mass is 1020 g/mol. The zero-order valence-corrected chi connectivity index (χ0v) is 45.6. The van der Waals surface area contributed by atoms with Crippen LogP contribution in [-0.2, 0) is 42.6 Å². The Morgan fingerprint density at radius 3 is 1.77 bits per heavy atom. The SMILES string of the molecule is CC1(c2nc([C-]=O)no2)CC1.Cn1cc(Nc2nccc(-c3ccc4c(c3)CCCC[C@H]4CC(=O)c3noc(C4(C)CC4)n3)n2)cn1.Cn1cc(Nc2nccc(-c3ccc4c(c3)CCCC[C@H]4N)n2)cn1.[K+].[OH-]. The van der Waals surface area contributed by atoms with Gasteiger partial charge in [0.05, 0.1) is 41.0 Å². The molecule has 6 heterocycles. The van der Waals surface area contributed by atoms with E-state index in [4.69, 9.17) is 19.8 Å². The van der Waals surface area contributed by atoms with Gasteiger partial charge in [-0.25, -0.2) is 24.9 Å². The van der Waals surface area contributed by atoms with Crippen molar-refractivity contribution in [3.63, 3.8) is 0 Å². The van der Waals surface area contributed by atoms with Crippen molar-refractivity contribution in [3.8, 4) is 22.5 Å². The molecule has 5 N–H and O–H groups in total. The first-order chi connectivity index (χ1) is 34.9. The van der Waals surface area contributed by atoms with E-state index in [9.17, 15) is 9.59 Å². The molecule has 2 aromatic carbocycles. The summed E-state index contributed by atoms with van der Waals surface area (Å²) in [4.78, 5) is 49.4. The van der Waals surface area contributed by atoms with E-state index in [2.05, 4.69) is 99.4 Å². The molecule has 8 aromatic rings. The molecule has 0 bridgehead atoms. The fourth-order valence-electron chi connectivity index (χ4n) is 9.23. The number of nitrogens with two attached hydrogens (primary N) is 1. The summed E-state index contributed by atoms with van der Waals surface area (Å²) in [5.41, 5.74) is 17.1. The van der Waals surface area contributed by atoms with Gasteiger partial charge in [0.15, 0.2) is 0 Å². The van der Waals surface area contributed by atoms with Crippen LogP contribution in [0, 0.1) is 0 Å². The minimum atomic E-state index is -0.0434. The number of Topliss-reactive ketones (excluding diaryl/α,β-unsaturated/α-hetero) is 1. The van der Waals surface area contributed by atoms with Crippen LogP contribution >= 0.6 is 0 Å². The van der Waals surface area contributed by atoms with Crippen LogP contribution in [-0.4, -0.2) is 77.3 Å². The van der Waals surface area contributed by atoms with Crippen molar-refractivity contribution in [3.05, 3.63) is 131 Å². The summed E-state index contributed by atoms with van der Waals surface area (Å²) < 4.78 is 13.7. The van der Waals surface area contributed by atoms with Crippen LogP contribution in [0.3, 0.4) is 0 Å². The third-order valence-corrected chi connectivity index (χ3v) is 14.1. The van der Waals surface area contributed by atoms with Gasteiger partial charge in [-0.05, 0) is 117 Å². The molecule has 74 heavy (non-hydrogen) atoms. The first-order valence-corrected chi connectivity index (χ1v) is 24.7. The number of hydrogen-bond acceptors (Lipinski definition) is 18. The number of hydrogen-bond donors (Lipinski definition) is 3. The summed E-state index contributed by atoms with van der Waals surface area (Å²) in [5, 5.41) is 22.1. The molecule has 0 radical (unpaired) electrons. The number of nitrogens with zero attached hydrogens (tertiary/aromatic N) is 12. The summed E-state index contributed by atoms with van der Waals surface area (Å²) in [6.45, 7) is 4.14. The Labute approximate surface area is 471 Å². The average molecular weight is 1030 g/mol. The molecule has 4 aliphatic rings. The molecule has 6 aromatic heterocycles. The third-order valence-electron chi connectivity index (χ3n) is 14.1. The van der Waals surface area contributed by atoms with E-state index >= 15 is 0 Å². The summed E-state index contributed by atoms with van der Waals surface area (Å²) in [5.74, 6) is 2.60. The molecule has 0 spiro atoms. The van der Waals surface area contributed by atoms with Crippen LogP contribution in [0.5, 0.6) is 0 Å². The molecule has 378 valence electrons. The van der Waals surface area contributed by atoms with Crippen LogP contribution in [0.15, 0.2) is 94.8 Å². The first-order valence-electron chi connectivity index (χ1n) is 24.7. The van der Waals surface area contributed by atoms with Gasteiger partial charge in [-0.3, -0.25) is 14.2 Å². The molecule has 2 atom stereocenters. The Bertz CT molecular complexity index is 3210. The van der Waals surface area contributed by atoms with Crippen LogP contribution in [0.2, 0.25) is 0 Å². The fourth-order valence-corrected chi connectivity index (χ4v) is 9.23. The zero-order chi connectivity index (χ0) is 49.8. The Morgan fingerprint density at radius 1 is 0.716 bits per heavy atom. The number of fused-ring (bicyclic) bond motifs is 2. The largest absolute Gasteiger partial charge is 1.00 e. The van der Waals surface area contributed by atoms with Crippen LogP contribution in [0.1, 0.15) is 147 Å². The van der Waals surface area contributed by atoms with Gasteiger partial charge in [0, 0.05) is 73.3 Å². The molecule has 0 aliphatic heterocycles. The van der Waals surface area contributed by atoms with Gasteiger partial charge in [-0.1, -0.05) is 61.3 Å². The van der Waals surface area contributed by atoms with E-state index < -0.39 is 0 Å². The van der Waals surface area contributed by atoms with Gasteiger partial charge in [0.25, 0.3) is 0 Å². The van der Waals surface area contributed by atoms with Crippen molar-refractivity contribution < 1.29 is 75.5 Å². The number of ketones is 1. The van der Waals surface area contributed by atoms with Gasteiger partial charge in [0.1, 0.15) is 0 Å². The summed E-state index contributed by atoms with van der Waals surface area (Å²) in [6.07, 6.45) is 25.7. The number of benzene rings is 2. The minimum Gasteiger partial charge on any atom is -0.870 e. The van der Waals surface area contributed by atoms with E-state index in [1.165, 1.54) is 35.1 Å².